The maximum Gasteiger partial charge on any atom is 0.412 e. The third-order valence-corrected chi connectivity index (χ3v) is 5.41. The zero-order valence-electron chi connectivity index (χ0n) is 19.8. The molecule has 3 aromatic heterocycles. The second-order valence-corrected chi connectivity index (χ2v) is 7.90. The minimum atomic E-state index is -0.807. The first-order valence-corrected chi connectivity index (χ1v) is 11.0. The van der Waals surface area contributed by atoms with Crippen LogP contribution in [0.25, 0.3) is 22.7 Å². The van der Waals surface area contributed by atoms with Gasteiger partial charge in [-0.3, -0.25) is 20.1 Å². The molecule has 1 N–H and O–H groups in total. The topological polar surface area (TPSA) is 116 Å². The van der Waals surface area contributed by atoms with Gasteiger partial charge in [-0.2, -0.15) is 0 Å². The number of methoxy groups -OCH3 is 1. The van der Waals surface area contributed by atoms with Gasteiger partial charge < -0.3 is 14.0 Å². The number of pyridine rings is 2. The van der Waals surface area contributed by atoms with Gasteiger partial charge in [0.25, 0.3) is 0 Å². The summed E-state index contributed by atoms with van der Waals surface area (Å²) in [5.41, 5.74) is 3.56. The van der Waals surface area contributed by atoms with Crippen molar-refractivity contribution in [1.82, 2.24) is 15.1 Å². The number of ether oxygens (including phenoxy) is 2. The minimum absolute atomic E-state index is 0.142. The summed E-state index contributed by atoms with van der Waals surface area (Å²) in [4.78, 5) is 32.7. The van der Waals surface area contributed by atoms with Crippen molar-refractivity contribution in [3.8, 4) is 22.7 Å². The summed E-state index contributed by atoms with van der Waals surface area (Å²) < 4.78 is 29.4. The molecule has 0 saturated carbocycles. The number of halogens is 1. The lowest BCUT2D eigenvalue weighted by Crippen LogP contribution is -2.17. The van der Waals surface area contributed by atoms with Gasteiger partial charge in [0.1, 0.15) is 29.0 Å². The van der Waals surface area contributed by atoms with Crippen molar-refractivity contribution in [1.29, 1.82) is 0 Å². The normalized spacial score (nSPS) is 11.6. The van der Waals surface area contributed by atoms with Crippen LogP contribution in [0.4, 0.5) is 14.9 Å². The van der Waals surface area contributed by atoms with Crippen molar-refractivity contribution in [2.45, 2.75) is 26.4 Å². The predicted octanol–water partition coefficient (Wildman–Crippen LogP) is 5.27. The number of benzene rings is 1. The van der Waals surface area contributed by atoms with Crippen molar-refractivity contribution in [2.75, 3.05) is 12.4 Å². The molecule has 0 unspecified atom stereocenters. The van der Waals surface area contributed by atoms with Crippen molar-refractivity contribution in [3.63, 3.8) is 0 Å². The summed E-state index contributed by atoms with van der Waals surface area (Å²) in [5.74, 6) is -0.555. The van der Waals surface area contributed by atoms with Gasteiger partial charge in [0, 0.05) is 23.5 Å². The maximum absolute atomic E-state index is 14.0. The van der Waals surface area contributed by atoms with E-state index < -0.39 is 18.0 Å². The molecule has 0 radical (unpaired) electrons. The highest BCUT2D eigenvalue weighted by molar-refractivity contribution is 5.90. The van der Waals surface area contributed by atoms with Crippen LogP contribution < -0.4 is 5.32 Å². The summed E-state index contributed by atoms with van der Waals surface area (Å²) in [6.07, 6.45) is 1.77. The van der Waals surface area contributed by atoms with Gasteiger partial charge in [-0.25, -0.2) is 9.18 Å². The molecule has 0 aliphatic carbocycles. The highest BCUT2D eigenvalue weighted by atomic mass is 19.1. The average Bonchev–Trinajstić information content (AvgIpc) is 3.24. The highest BCUT2D eigenvalue weighted by Crippen LogP contribution is 2.31. The van der Waals surface area contributed by atoms with Gasteiger partial charge in [0.15, 0.2) is 0 Å². The van der Waals surface area contributed by atoms with E-state index in [-0.39, 0.29) is 23.7 Å². The van der Waals surface area contributed by atoms with E-state index in [1.54, 1.807) is 68.7 Å². The van der Waals surface area contributed by atoms with Crippen LogP contribution in [-0.4, -0.2) is 34.3 Å². The summed E-state index contributed by atoms with van der Waals surface area (Å²) in [6.45, 7) is 3.24. The van der Waals surface area contributed by atoms with Crippen molar-refractivity contribution >= 4 is 17.7 Å². The molecule has 36 heavy (non-hydrogen) atoms. The van der Waals surface area contributed by atoms with E-state index in [0.717, 1.165) is 11.1 Å². The van der Waals surface area contributed by atoms with Crippen LogP contribution in [0.3, 0.4) is 0 Å². The van der Waals surface area contributed by atoms with Crippen LogP contribution in [0, 0.1) is 12.7 Å². The molecule has 0 spiro atoms. The molecule has 9 nitrogen and oxygen atoms in total. The van der Waals surface area contributed by atoms with Crippen molar-refractivity contribution in [2.24, 2.45) is 0 Å². The maximum atomic E-state index is 14.0. The Labute approximate surface area is 206 Å². The monoisotopic (exact) mass is 490 g/mol. The lowest BCUT2D eigenvalue weighted by Gasteiger charge is -2.15. The quantitative estimate of drug-likeness (QED) is 0.348. The Morgan fingerprint density at radius 1 is 1.06 bits per heavy atom. The first kappa shape index (κ1) is 24.5. The zero-order valence-corrected chi connectivity index (χ0v) is 19.8. The number of nitrogens with zero attached hydrogens (tertiary/aromatic N) is 3. The SMILES string of the molecule is COC(=O)Cc1ccc(-c2ccc(-c3onc(C)c3NC(=O)O[C@H](C)c3ccccc3F)nc2)nc1. The first-order chi connectivity index (χ1) is 17.4. The average molecular weight is 490 g/mol. The Kier molecular flexibility index (Phi) is 7.33. The number of aromatic nitrogens is 3. The predicted molar refractivity (Wildman–Crippen MR) is 128 cm³/mol. The molecular formula is C26H23FN4O5. The molecule has 4 aromatic rings. The third-order valence-electron chi connectivity index (χ3n) is 5.41. The summed E-state index contributed by atoms with van der Waals surface area (Å²) >= 11 is 0. The molecule has 0 aliphatic rings. The van der Waals surface area contributed by atoms with Gasteiger partial charge in [0.05, 0.1) is 19.2 Å². The summed E-state index contributed by atoms with van der Waals surface area (Å²) in [7, 11) is 1.34. The number of hydrogen-bond acceptors (Lipinski definition) is 8. The standard InChI is InChI=1S/C26H23FN4O5/c1-15-24(30-26(33)35-16(2)19-6-4-5-7-20(19)27)25(36-31-15)22-11-9-18(14-29-22)21-10-8-17(13-28-21)12-23(32)34-3/h4-11,13-14,16H,12H2,1-3H3,(H,30,33)/t16-/m1/s1. The Bertz CT molecular complexity index is 1370. The molecule has 0 saturated heterocycles. The highest BCUT2D eigenvalue weighted by Gasteiger charge is 2.21. The number of hydrogen-bond donors (Lipinski definition) is 1. The molecule has 10 heteroatoms. The van der Waals surface area contributed by atoms with Crippen LogP contribution in [0.2, 0.25) is 0 Å². The van der Waals surface area contributed by atoms with Crippen molar-refractivity contribution < 1.29 is 28.0 Å². The van der Waals surface area contributed by atoms with Crippen molar-refractivity contribution in [3.05, 3.63) is 83.6 Å². The number of carbonyl (C=O) groups excluding carboxylic acids is 2. The van der Waals surface area contributed by atoms with E-state index in [2.05, 4.69) is 25.2 Å². The minimum Gasteiger partial charge on any atom is -0.469 e. The number of carbonyl (C=O) groups is 2. The molecule has 0 fully saturated rings. The molecule has 1 amide bonds. The fourth-order valence-electron chi connectivity index (χ4n) is 3.47. The van der Waals surface area contributed by atoms with E-state index in [1.165, 1.54) is 13.2 Å². The largest absolute Gasteiger partial charge is 0.469 e. The Morgan fingerprint density at radius 2 is 1.81 bits per heavy atom. The Balaban J connectivity index is 1.47. The van der Waals surface area contributed by atoms with Gasteiger partial charge in [-0.15, -0.1) is 0 Å². The first-order valence-electron chi connectivity index (χ1n) is 11.0. The van der Waals surface area contributed by atoms with E-state index in [1.807, 2.05) is 0 Å². The second kappa shape index (κ2) is 10.8. The lowest BCUT2D eigenvalue weighted by molar-refractivity contribution is -0.139. The van der Waals surface area contributed by atoms with Gasteiger partial charge in [-0.05, 0) is 43.7 Å². The van der Waals surface area contributed by atoms with Crippen LogP contribution in [0.5, 0.6) is 0 Å². The van der Waals surface area contributed by atoms with Gasteiger partial charge >= 0.3 is 12.1 Å². The molecular weight excluding hydrogens is 467 g/mol. The van der Waals surface area contributed by atoms with Crippen LogP contribution in [0.1, 0.15) is 29.8 Å². The molecule has 1 aromatic carbocycles. The smallest absolute Gasteiger partial charge is 0.412 e. The number of esters is 1. The molecule has 1 atom stereocenters. The fourth-order valence-corrected chi connectivity index (χ4v) is 3.47. The Morgan fingerprint density at radius 3 is 2.47 bits per heavy atom. The molecule has 4 rings (SSSR count). The molecule has 184 valence electrons. The van der Waals surface area contributed by atoms with E-state index in [9.17, 15) is 14.0 Å². The molecule has 0 bridgehead atoms. The summed E-state index contributed by atoms with van der Waals surface area (Å²) in [6, 6.07) is 13.2. The van der Waals surface area contributed by atoms with Crippen LogP contribution in [0.15, 0.2) is 65.4 Å². The fraction of sp³-hybridized carbons (Fsp3) is 0.192. The molecule has 3 heterocycles. The zero-order chi connectivity index (χ0) is 25.7. The van der Waals surface area contributed by atoms with E-state index >= 15 is 0 Å². The summed E-state index contributed by atoms with van der Waals surface area (Å²) in [5, 5.41) is 6.54. The lowest BCUT2D eigenvalue weighted by atomic mass is 10.1. The van der Waals surface area contributed by atoms with Crippen LogP contribution >= 0.6 is 0 Å². The van der Waals surface area contributed by atoms with E-state index in [4.69, 9.17) is 9.26 Å². The number of nitrogens with one attached hydrogen (secondary N) is 1. The number of rotatable bonds is 7. The number of anilines is 1. The second-order valence-electron chi connectivity index (χ2n) is 7.90. The van der Waals surface area contributed by atoms with Gasteiger partial charge in [0.2, 0.25) is 5.76 Å². The van der Waals surface area contributed by atoms with Gasteiger partial charge in [-0.1, -0.05) is 29.4 Å². The Hall–Kier alpha value is -4.60. The van der Waals surface area contributed by atoms with Crippen LogP contribution in [-0.2, 0) is 20.7 Å². The number of aryl methyl sites for hydroxylation is 1. The molecule has 0 aliphatic heterocycles. The third kappa shape index (κ3) is 5.54. The number of amides is 1. The van der Waals surface area contributed by atoms with E-state index in [0.29, 0.717) is 22.8 Å².